The molecule has 1 N–H and O–H groups in total. The Balaban J connectivity index is 2.01. The van der Waals surface area contributed by atoms with Crippen LogP contribution < -0.4 is 5.32 Å². The number of nitrogens with one attached hydrogen (secondary N) is 1. The van der Waals surface area contributed by atoms with Crippen LogP contribution in [0.15, 0.2) is 23.0 Å². The summed E-state index contributed by atoms with van der Waals surface area (Å²) < 4.78 is 5.16. The molecule has 0 aliphatic carbocycles. The topological polar surface area (TPSA) is 63.8 Å². The van der Waals surface area contributed by atoms with Crippen molar-refractivity contribution < 1.29 is 4.52 Å². The van der Waals surface area contributed by atoms with Crippen LogP contribution in [0.25, 0.3) is 0 Å². The Morgan fingerprint density at radius 1 is 1.29 bits per heavy atom. The van der Waals surface area contributed by atoms with Crippen molar-refractivity contribution in [2.75, 3.05) is 11.9 Å². The first-order chi connectivity index (χ1) is 8.18. The monoisotopic (exact) mass is 232 g/mol. The molecule has 17 heavy (non-hydrogen) atoms. The van der Waals surface area contributed by atoms with Crippen LogP contribution in [0.4, 0.5) is 5.95 Å². The van der Waals surface area contributed by atoms with Gasteiger partial charge in [-0.1, -0.05) is 12.1 Å². The van der Waals surface area contributed by atoms with Gasteiger partial charge in [-0.3, -0.25) is 0 Å². The summed E-state index contributed by atoms with van der Waals surface area (Å²) in [7, 11) is 0. The van der Waals surface area contributed by atoms with Crippen LogP contribution in [0.1, 0.15) is 29.9 Å². The molecular formula is C12H16N4O. The van der Waals surface area contributed by atoms with Crippen molar-refractivity contribution in [3.05, 3.63) is 35.5 Å². The van der Waals surface area contributed by atoms with Gasteiger partial charge in [0, 0.05) is 30.4 Å². The van der Waals surface area contributed by atoms with Gasteiger partial charge in [0.25, 0.3) is 0 Å². The van der Waals surface area contributed by atoms with Crippen molar-refractivity contribution in [1.82, 2.24) is 15.1 Å². The van der Waals surface area contributed by atoms with E-state index < -0.39 is 0 Å². The highest BCUT2D eigenvalue weighted by Gasteiger charge is 2.16. The van der Waals surface area contributed by atoms with Crippen LogP contribution in [0.5, 0.6) is 0 Å². The molecule has 0 unspecified atom stereocenters. The minimum Gasteiger partial charge on any atom is -0.361 e. The Labute approximate surface area is 100 Å². The van der Waals surface area contributed by atoms with Crippen LogP contribution >= 0.6 is 0 Å². The fourth-order valence-electron chi connectivity index (χ4n) is 1.93. The number of aromatic nitrogens is 3. The average molecular weight is 232 g/mol. The highest BCUT2D eigenvalue weighted by Crippen LogP contribution is 2.22. The first-order valence-corrected chi connectivity index (χ1v) is 5.62. The standard InChI is InChI=1S/C12H16N4O/c1-8(11-9(2)16-17-10(11)3)7-15-12-13-5-4-6-14-12/h4-6,8H,7H2,1-3H3,(H,13,14,15)/t8-/m0/s1. The largest absolute Gasteiger partial charge is 0.361 e. The molecule has 0 fully saturated rings. The first-order valence-electron chi connectivity index (χ1n) is 5.62. The van der Waals surface area contributed by atoms with E-state index in [2.05, 4.69) is 27.4 Å². The van der Waals surface area contributed by atoms with E-state index >= 15 is 0 Å². The molecule has 0 amide bonds. The van der Waals surface area contributed by atoms with Crippen LogP contribution in [0, 0.1) is 13.8 Å². The van der Waals surface area contributed by atoms with Gasteiger partial charge in [0.05, 0.1) is 5.69 Å². The van der Waals surface area contributed by atoms with E-state index in [4.69, 9.17) is 4.52 Å². The highest BCUT2D eigenvalue weighted by atomic mass is 16.5. The summed E-state index contributed by atoms with van der Waals surface area (Å²) in [5.41, 5.74) is 2.11. The van der Waals surface area contributed by atoms with Crippen LogP contribution in [0.3, 0.4) is 0 Å². The van der Waals surface area contributed by atoms with Crippen molar-refractivity contribution in [3.63, 3.8) is 0 Å². The lowest BCUT2D eigenvalue weighted by molar-refractivity contribution is 0.391. The summed E-state index contributed by atoms with van der Waals surface area (Å²) in [6.45, 7) is 6.78. The Morgan fingerprint density at radius 3 is 2.59 bits per heavy atom. The van der Waals surface area contributed by atoms with Gasteiger partial charge in [-0.05, 0) is 19.9 Å². The normalized spacial score (nSPS) is 12.4. The third-order valence-corrected chi connectivity index (χ3v) is 2.71. The molecule has 0 saturated carbocycles. The van der Waals surface area contributed by atoms with Crippen molar-refractivity contribution in [3.8, 4) is 0 Å². The summed E-state index contributed by atoms with van der Waals surface area (Å²) in [4.78, 5) is 8.23. The smallest absolute Gasteiger partial charge is 0.222 e. The minimum atomic E-state index is 0.310. The Morgan fingerprint density at radius 2 is 2.00 bits per heavy atom. The molecular weight excluding hydrogens is 216 g/mol. The fraction of sp³-hybridized carbons (Fsp3) is 0.417. The molecule has 0 radical (unpaired) electrons. The predicted octanol–water partition coefficient (Wildman–Crippen LogP) is 2.30. The Bertz CT molecular complexity index is 461. The van der Waals surface area contributed by atoms with Crippen molar-refractivity contribution in [1.29, 1.82) is 0 Å². The zero-order valence-electron chi connectivity index (χ0n) is 10.3. The van der Waals surface area contributed by atoms with E-state index in [1.807, 2.05) is 13.8 Å². The van der Waals surface area contributed by atoms with Crippen molar-refractivity contribution >= 4 is 5.95 Å². The third-order valence-electron chi connectivity index (χ3n) is 2.71. The maximum atomic E-state index is 5.16. The van der Waals surface area contributed by atoms with Crippen molar-refractivity contribution in [2.24, 2.45) is 0 Å². The summed E-state index contributed by atoms with van der Waals surface area (Å²) in [6, 6.07) is 1.79. The van der Waals surface area contributed by atoms with Crippen molar-refractivity contribution in [2.45, 2.75) is 26.7 Å². The summed E-state index contributed by atoms with van der Waals surface area (Å²) >= 11 is 0. The Hall–Kier alpha value is -1.91. The number of aryl methyl sites for hydroxylation is 2. The van der Waals surface area contributed by atoms with E-state index in [9.17, 15) is 0 Å². The quantitative estimate of drug-likeness (QED) is 0.876. The molecule has 2 rings (SSSR count). The molecule has 1 atom stereocenters. The van der Waals surface area contributed by atoms with Gasteiger partial charge in [-0.25, -0.2) is 9.97 Å². The lowest BCUT2D eigenvalue weighted by atomic mass is 10.00. The second-order valence-electron chi connectivity index (χ2n) is 4.09. The van der Waals surface area contributed by atoms with Crippen LogP contribution in [0.2, 0.25) is 0 Å². The minimum absolute atomic E-state index is 0.310. The summed E-state index contributed by atoms with van der Waals surface area (Å²) in [5, 5.41) is 7.15. The molecule has 0 aromatic carbocycles. The van der Waals surface area contributed by atoms with Gasteiger partial charge in [-0.2, -0.15) is 0 Å². The molecule has 90 valence electrons. The first kappa shape index (κ1) is 11.6. The van der Waals surface area contributed by atoms with Gasteiger partial charge >= 0.3 is 0 Å². The zero-order valence-corrected chi connectivity index (χ0v) is 10.3. The molecule has 0 bridgehead atoms. The van der Waals surface area contributed by atoms with E-state index in [-0.39, 0.29) is 0 Å². The van der Waals surface area contributed by atoms with Gasteiger partial charge in [0.15, 0.2) is 0 Å². The van der Waals surface area contributed by atoms with E-state index in [0.29, 0.717) is 11.9 Å². The molecule has 0 aliphatic heterocycles. The maximum Gasteiger partial charge on any atom is 0.222 e. The lowest BCUT2D eigenvalue weighted by Crippen LogP contribution is -2.12. The second-order valence-corrected chi connectivity index (χ2v) is 4.09. The van der Waals surface area contributed by atoms with Gasteiger partial charge in [-0.15, -0.1) is 0 Å². The molecule has 2 heterocycles. The molecule has 0 aliphatic rings. The number of anilines is 1. The van der Waals surface area contributed by atoms with Gasteiger partial charge in [0.1, 0.15) is 5.76 Å². The predicted molar refractivity (Wildman–Crippen MR) is 64.9 cm³/mol. The molecule has 2 aromatic rings. The number of nitrogens with zero attached hydrogens (tertiary/aromatic N) is 3. The fourth-order valence-corrected chi connectivity index (χ4v) is 1.93. The molecule has 5 heteroatoms. The zero-order chi connectivity index (χ0) is 12.3. The van der Waals surface area contributed by atoms with Crippen LogP contribution in [-0.2, 0) is 0 Å². The van der Waals surface area contributed by atoms with E-state index in [0.717, 1.165) is 23.6 Å². The summed E-state index contributed by atoms with van der Waals surface area (Å²) in [6.07, 6.45) is 3.44. The number of rotatable bonds is 4. The van der Waals surface area contributed by atoms with E-state index in [1.54, 1.807) is 18.5 Å². The Kier molecular flexibility index (Phi) is 3.37. The maximum absolute atomic E-state index is 5.16. The summed E-state index contributed by atoms with van der Waals surface area (Å²) in [5.74, 6) is 1.84. The van der Waals surface area contributed by atoms with E-state index in [1.165, 1.54) is 0 Å². The molecule has 5 nitrogen and oxygen atoms in total. The SMILES string of the molecule is Cc1noc(C)c1[C@@H](C)CNc1ncccn1. The second kappa shape index (κ2) is 4.95. The lowest BCUT2D eigenvalue weighted by Gasteiger charge is -2.12. The molecule has 0 saturated heterocycles. The molecule has 0 spiro atoms. The average Bonchev–Trinajstić information content (AvgIpc) is 2.67. The third kappa shape index (κ3) is 2.61. The molecule has 2 aromatic heterocycles. The highest BCUT2D eigenvalue weighted by molar-refractivity contribution is 5.29. The number of hydrogen-bond donors (Lipinski definition) is 1. The van der Waals surface area contributed by atoms with Gasteiger partial charge in [0.2, 0.25) is 5.95 Å². The number of hydrogen-bond acceptors (Lipinski definition) is 5. The van der Waals surface area contributed by atoms with Gasteiger partial charge < -0.3 is 9.84 Å². The van der Waals surface area contributed by atoms with Crippen LogP contribution in [-0.4, -0.2) is 21.7 Å².